The molecule has 1 aromatic heterocycles. The van der Waals surface area contributed by atoms with Gasteiger partial charge in [-0.1, -0.05) is 0 Å². The summed E-state index contributed by atoms with van der Waals surface area (Å²) in [5.74, 6) is 0.302. The molecule has 1 heterocycles. The second-order valence-electron chi connectivity index (χ2n) is 3.33. The standard InChI is InChI=1S/C10H14N4O2S/c1-12-10-9(5-3-7-13-10)17(15,16)14(2)8-4-6-11/h3,5,7H,4,8H2,1-2H3,(H,12,13). The highest BCUT2D eigenvalue weighted by atomic mass is 32.2. The SMILES string of the molecule is CNc1ncccc1S(=O)(=O)N(C)CCC#N. The number of nitrogens with zero attached hydrogens (tertiary/aromatic N) is 3. The molecule has 0 atom stereocenters. The molecule has 0 saturated heterocycles. The van der Waals surface area contributed by atoms with Crippen molar-refractivity contribution < 1.29 is 8.42 Å². The second-order valence-corrected chi connectivity index (χ2v) is 5.35. The first-order valence-corrected chi connectivity index (χ1v) is 6.44. The van der Waals surface area contributed by atoms with Crippen LogP contribution < -0.4 is 5.32 Å². The third-order valence-corrected chi connectivity index (χ3v) is 4.12. The molecule has 92 valence electrons. The van der Waals surface area contributed by atoms with Crippen molar-refractivity contribution in [1.29, 1.82) is 5.26 Å². The molecule has 0 spiro atoms. The van der Waals surface area contributed by atoms with E-state index in [9.17, 15) is 8.42 Å². The summed E-state index contributed by atoms with van der Waals surface area (Å²) in [6.07, 6.45) is 1.67. The summed E-state index contributed by atoms with van der Waals surface area (Å²) >= 11 is 0. The molecule has 7 heteroatoms. The fourth-order valence-corrected chi connectivity index (χ4v) is 2.60. The Kier molecular flexibility index (Phi) is 4.43. The van der Waals surface area contributed by atoms with Crippen molar-refractivity contribution in [2.45, 2.75) is 11.3 Å². The van der Waals surface area contributed by atoms with Crippen molar-refractivity contribution >= 4 is 15.8 Å². The Morgan fingerprint density at radius 1 is 1.59 bits per heavy atom. The highest BCUT2D eigenvalue weighted by Gasteiger charge is 2.23. The van der Waals surface area contributed by atoms with Gasteiger partial charge in [-0.3, -0.25) is 0 Å². The van der Waals surface area contributed by atoms with Crippen molar-refractivity contribution in [3.8, 4) is 6.07 Å². The van der Waals surface area contributed by atoms with Crippen LogP contribution in [0.5, 0.6) is 0 Å². The smallest absolute Gasteiger partial charge is 0.246 e. The summed E-state index contributed by atoms with van der Waals surface area (Å²) in [7, 11) is -0.545. The van der Waals surface area contributed by atoms with Gasteiger partial charge < -0.3 is 5.32 Å². The maximum atomic E-state index is 12.2. The first kappa shape index (κ1) is 13.4. The third-order valence-electron chi connectivity index (χ3n) is 2.23. The van der Waals surface area contributed by atoms with Gasteiger partial charge in [-0.15, -0.1) is 0 Å². The van der Waals surface area contributed by atoms with E-state index in [0.717, 1.165) is 4.31 Å². The summed E-state index contributed by atoms with van der Waals surface area (Å²) in [4.78, 5) is 4.06. The van der Waals surface area contributed by atoms with Gasteiger partial charge in [-0.2, -0.15) is 9.57 Å². The van der Waals surface area contributed by atoms with Crippen LogP contribution in [0.2, 0.25) is 0 Å². The van der Waals surface area contributed by atoms with Crippen LogP contribution in [0.3, 0.4) is 0 Å². The van der Waals surface area contributed by atoms with Crippen LogP contribution in [0, 0.1) is 11.3 Å². The zero-order valence-electron chi connectivity index (χ0n) is 9.71. The molecule has 0 amide bonds. The zero-order chi connectivity index (χ0) is 12.9. The van der Waals surface area contributed by atoms with E-state index in [0.29, 0.717) is 5.82 Å². The molecule has 0 aliphatic rings. The molecule has 0 radical (unpaired) electrons. The minimum atomic E-state index is -3.60. The maximum absolute atomic E-state index is 12.2. The molecule has 17 heavy (non-hydrogen) atoms. The Balaban J connectivity index is 3.09. The lowest BCUT2D eigenvalue weighted by atomic mass is 10.5. The van der Waals surface area contributed by atoms with Crippen LogP contribution in [-0.2, 0) is 10.0 Å². The molecule has 0 aliphatic carbocycles. The quantitative estimate of drug-likeness (QED) is 0.834. The first-order chi connectivity index (χ1) is 8.04. The highest BCUT2D eigenvalue weighted by Crippen LogP contribution is 2.20. The minimum absolute atomic E-state index is 0.114. The number of rotatable bonds is 5. The lowest BCUT2D eigenvalue weighted by Crippen LogP contribution is -2.28. The second kappa shape index (κ2) is 5.61. The van der Waals surface area contributed by atoms with Gasteiger partial charge in [-0.25, -0.2) is 13.4 Å². The van der Waals surface area contributed by atoms with Gasteiger partial charge in [0, 0.05) is 33.3 Å². The molecule has 0 unspecified atom stereocenters. The van der Waals surface area contributed by atoms with Gasteiger partial charge in [0.15, 0.2) is 0 Å². The topological polar surface area (TPSA) is 86.1 Å². The van der Waals surface area contributed by atoms with Gasteiger partial charge in [0.2, 0.25) is 10.0 Å². The van der Waals surface area contributed by atoms with Crippen molar-refractivity contribution in [1.82, 2.24) is 9.29 Å². The number of aromatic nitrogens is 1. The summed E-state index contributed by atoms with van der Waals surface area (Å²) in [6.45, 7) is 0.164. The normalized spacial score (nSPS) is 11.2. The van der Waals surface area contributed by atoms with Crippen LogP contribution in [0.1, 0.15) is 6.42 Å². The molecule has 0 aliphatic heterocycles. The molecule has 0 aromatic carbocycles. The predicted octanol–water partition coefficient (Wildman–Crippen LogP) is 0.657. The third kappa shape index (κ3) is 2.93. The van der Waals surface area contributed by atoms with Crippen molar-refractivity contribution in [3.63, 3.8) is 0 Å². The van der Waals surface area contributed by atoms with Gasteiger partial charge in [-0.05, 0) is 12.1 Å². The molecule has 0 bridgehead atoms. The summed E-state index contributed by atoms with van der Waals surface area (Å²) in [6, 6.07) is 4.96. The van der Waals surface area contributed by atoms with Crippen LogP contribution >= 0.6 is 0 Å². The molecule has 1 N–H and O–H groups in total. The van der Waals surface area contributed by atoms with E-state index in [4.69, 9.17) is 5.26 Å². The number of nitrogens with one attached hydrogen (secondary N) is 1. The number of hydrogen-bond acceptors (Lipinski definition) is 5. The molecule has 0 fully saturated rings. The molecular formula is C10H14N4O2S. The summed E-state index contributed by atoms with van der Waals surface area (Å²) in [5.41, 5.74) is 0. The molecule has 1 rings (SSSR count). The Morgan fingerprint density at radius 3 is 2.88 bits per heavy atom. The zero-order valence-corrected chi connectivity index (χ0v) is 10.5. The van der Waals surface area contributed by atoms with Crippen LogP contribution in [0.25, 0.3) is 0 Å². The van der Waals surface area contributed by atoms with Gasteiger partial charge >= 0.3 is 0 Å². The number of pyridine rings is 1. The lowest BCUT2D eigenvalue weighted by molar-refractivity contribution is 0.476. The summed E-state index contributed by atoms with van der Waals surface area (Å²) in [5, 5.41) is 11.2. The molecule has 6 nitrogen and oxygen atoms in total. The van der Waals surface area contributed by atoms with E-state index in [2.05, 4.69) is 10.3 Å². The van der Waals surface area contributed by atoms with Crippen molar-refractivity contribution in [2.24, 2.45) is 0 Å². The van der Waals surface area contributed by atoms with E-state index < -0.39 is 10.0 Å². The van der Waals surface area contributed by atoms with Crippen LogP contribution in [0.15, 0.2) is 23.2 Å². The number of nitriles is 1. The van der Waals surface area contributed by atoms with E-state index >= 15 is 0 Å². The van der Waals surface area contributed by atoms with Crippen molar-refractivity contribution in [2.75, 3.05) is 26.0 Å². The lowest BCUT2D eigenvalue weighted by Gasteiger charge is -2.17. The van der Waals surface area contributed by atoms with Gasteiger partial charge in [0.25, 0.3) is 0 Å². The fraction of sp³-hybridized carbons (Fsp3) is 0.400. The first-order valence-electron chi connectivity index (χ1n) is 5.00. The van der Waals surface area contributed by atoms with Gasteiger partial charge in [0.05, 0.1) is 6.07 Å². The van der Waals surface area contributed by atoms with Crippen molar-refractivity contribution in [3.05, 3.63) is 18.3 Å². The Labute approximate surface area is 101 Å². The van der Waals surface area contributed by atoms with Crippen LogP contribution in [0.4, 0.5) is 5.82 Å². The monoisotopic (exact) mass is 254 g/mol. The number of sulfonamides is 1. The predicted molar refractivity (Wildman–Crippen MR) is 63.8 cm³/mol. The minimum Gasteiger partial charge on any atom is -0.372 e. The van der Waals surface area contributed by atoms with Gasteiger partial charge in [0.1, 0.15) is 10.7 Å². The Morgan fingerprint density at radius 2 is 2.29 bits per heavy atom. The average molecular weight is 254 g/mol. The molecular weight excluding hydrogens is 240 g/mol. The van der Waals surface area contributed by atoms with E-state index in [1.807, 2.05) is 6.07 Å². The largest absolute Gasteiger partial charge is 0.372 e. The van der Waals surface area contributed by atoms with E-state index in [1.54, 1.807) is 13.1 Å². The molecule has 1 aromatic rings. The summed E-state index contributed by atoms with van der Waals surface area (Å²) < 4.78 is 25.5. The van der Waals surface area contributed by atoms with E-state index in [-0.39, 0.29) is 17.9 Å². The molecule has 0 saturated carbocycles. The Hall–Kier alpha value is -1.65. The van der Waals surface area contributed by atoms with E-state index in [1.165, 1.54) is 19.3 Å². The fourth-order valence-electron chi connectivity index (χ4n) is 1.28. The number of anilines is 1. The Bertz CT molecular complexity index is 521. The number of hydrogen-bond donors (Lipinski definition) is 1. The van der Waals surface area contributed by atoms with Crippen LogP contribution in [-0.4, -0.2) is 38.3 Å². The highest BCUT2D eigenvalue weighted by molar-refractivity contribution is 7.89. The average Bonchev–Trinajstić information content (AvgIpc) is 2.35. The maximum Gasteiger partial charge on any atom is 0.246 e.